The van der Waals surface area contributed by atoms with Gasteiger partial charge in [0.25, 0.3) is 0 Å². The maximum atomic E-state index is 12.9. The second kappa shape index (κ2) is 6.74. The Labute approximate surface area is 121 Å². The number of hydrogen-bond donors (Lipinski definition) is 0. The van der Waals surface area contributed by atoms with E-state index in [9.17, 15) is 19.3 Å². The first kappa shape index (κ1) is 14.8. The standard InChI is InChI=1S/C16H14FNO3/c17-15-8-6-12(7-9-15)14(11-18(20)21)10-16(19)13-4-2-1-3-5-13/h1-9,14H,10-11H2. The predicted octanol–water partition coefficient (Wildman–Crippen LogP) is 3.46. The molecule has 0 aliphatic rings. The number of Topliss-reactive ketones (excluding diaryl/α,β-unsaturated/α-hetero) is 1. The van der Waals surface area contributed by atoms with Crippen molar-refractivity contribution in [2.75, 3.05) is 6.54 Å². The number of hydrogen-bond acceptors (Lipinski definition) is 3. The average molecular weight is 287 g/mol. The van der Waals surface area contributed by atoms with Crippen LogP contribution in [0.25, 0.3) is 0 Å². The quantitative estimate of drug-likeness (QED) is 0.464. The summed E-state index contributed by atoms with van der Waals surface area (Å²) in [4.78, 5) is 22.5. The molecule has 1 unspecified atom stereocenters. The van der Waals surface area contributed by atoms with E-state index in [0.29, 0.717) is 11.1 Å². The van der Waals surface area contributed by atoms with E-state index in [2.05, 4.69) is 0 Å². The van der Waals surface area contributed by atoms with Crippen molar-refractivity contribution in [2.45, 2.75) is 12.3 Å². The van der Waals surface area contributed by atoms with Crippen LogP contribution in [0.15, 0.2) is 54.6 Å². The van der Waals surface area contributed by atoms with Gasteiger partial charge in [0, 0.05) is 16.9 Å². The molecule has 1 atom stereocenters. The lowest BCUT2D eigenvalue weighted by atomic mass is 9.91. The van der Waals surface area contributed by atoms with E-state index >= 15 is 0 Å². The molecule has 0 aliphatic carbocycles. The van der Waals surface area contributed by atoms with Gasteiger partial charge in [-0.1, -0.05) is 42.5 Å². The lowest BCUT2D eigenvalue weighted by molar-refractivity contribution is -0.483. The van der Waals surface area contributed by atoms with Gasteiger partial charge in [0.05, 0.1) is 5.92 Å². The zero-order valence-corrected chi connectivity index (χ0v) is 11.2. The first-order valence-electron chi connectivity index (χ1n) is 6.52. The number of ketones is 1. The summed E-state index contributed by atoms with van der Waals surface area (Å²) in [6.45, 7) is -0.357. The van der Waals surface area contributed by atoms with Gasteiger partial charge in [-0.05, 0) is 17.7 Å². The predicted molar refractivity (Wildman–Crippen MR) is 76.4 cm³/mol. The zero-order chi connectivity index (χ0) is 15.2. The van der Waals surface area contributed by atoms with Gasteiger partial charge in [-0.2, -0.15) is 0 Å². The Kier molecular flexibility index (Phi) is 4.77. The normalized spacial score (nSPS) is 11.9. The number of rotatable bonds is 6. The largest absolute Gasteiger partial charge is 0.294 e. The Morgan fingerprint density at radius 2 is 1.71 bits per heavy atom. The molecular weight excluding hydrogens is 273 g/mol. The Balaban J connectivity index is 2.18. The highest BCUT2D eigenvalue weighted by Crippen LogP contribution is 2.22. The first-order chi connectivity index (χ1) is 10.1. The molecule has 2 rings (SSSR count). The summed E-state index contributed by atoms with van der Waals surface area (Å²) < 4.78 is 12.9. The van der Waals surface area contributed by atoms with Crippen LogP contribution in [0.3, 0.4) is 0 Å². The van der Waals surface area contributed by atoms with Gasteiger partial charge in [0.15, 0.2) is 5.78 Å². The second-order valence-corrected chi connectivity index (χ2v) is 4.76. The molecule has 2 aromatic carbocycles. The fourth-order valence-electron chi connectivity index (χ4n) is 2.17. The van der Waals surface area contributed by atoms with Crippen molar-refractivity contribution in [3.8, 4) is 0 Å². The van der Waals surface area contributed by atoms with Crippen LogP contribution >= 0.6 is 0 Å². The number of carbonyl (C=O) groups is 1. The SMILES string of the molecule is O=C(CC(C[N+](=O)[O-])c1ccc(F)cc1)c1ccccc1. The lowest BCUT2D eigenvalue weighted by Gasteiger charge is -2.12. The molecule has 0 amide bonds. The number of benzene rings is 2. The molecule has 5 heteroatoms. The average Bonchev–Trinajstić information content (AvgIpc) is 2.48. The Morgan fingerprint density at radius 1 is 1.10 bits per heavy atom. The third-order valence-electron chi connectivity index (χ3n) is 3.24. The maximum absolute atomic E-state index is 12.9. The summed E-state index contributed by atoms with van der Waals surface area (Å²) in [6.07, 6.45) is 0.0244. The summed E-state index contributed by atoms with van der Waals surface area (Å²) in [6, 6.07) is 14.1. The van der Waals surface area contributed by atoms with Crippen LogP contribution < -0.4 is 0 Å². The van der Waals surface area contributed by atoms with Crippen molar-refractivity contribution in [3.63, 3.8) is 0 Å². The summed E-state index contributed by atoms with van der Waals surface area (Å²) in [7, 11) is 0. The van der Waals surface area contributed by atoms with Crippen molar-refractivity contribution >= 4 is 5.78 Å². The molecular formula is C16H14FNO3. The highest BCUT2D eigenvalue weighted by Gasteiger charge is 2.22. The molecule has 0 spiro atoms. The van der Waals surface area contributed by atoms with Crippen molar-refractivity contribution in [3.05, 3.63) is 81.7 Å². The lowest BCUT2D eigenvalue weighted by Crippen LogP contribution is -2.16. The fourth-order valence-corrected chi connectivity index (χ4v) is 2.17. The minimum Gasteiger partial charge on any atom is -0.294 e. The molecule has 0 N–H and O–H groups in total. The van der Waals surface area contributed by atoms with Gasteiger partial charge in [-0.3, -0.25) is 14.9 Å². The van der Waals surface area contributed by atoms with Crippen LogP contribution in [-0.2, 0) is 0 Å². The molecule has 4 nitrogen and oxygen atoms in total. The Morgan fingerprint density at radius 3 is 2.29 bits per heavy atom. The highest BCUT2D eigenvalue weighted by molar-refractivity contribution is 5.96. The van der Waals surface area contributed by atoms with Crippen molar-refractivity contribution in [1.82, 2.24) is 0 Å². The molecule has 0 fully saturated rings. The highest BCUT2D eigenvalue weighted by atomic mass is 19.1. The molecule has 0 radical (unpaired) electrons. The molecule has 0 aromatic heterocycles. The van der Waals surface area contributed by atoms with E-state index < -0.39 is 16.7 Å². The van der Waals surface area contributed by atoms with Gasteiger partial charge in [-0.15, -0.1) is 0 Å². The third-order valence-corrected chi connectivity index (χ3v) is 3.24. The topological polar surface area (TPSA) is 60.2 Å². The molecule has 0 heterocycles. The zero-order valence-electron chi connectivity index (χ0n) is 11.2. The molecule has 0 aliphatic heterocycles. The monoisotopic (exact) mass is 287 g/mol. The molecule has 2 aromatic rings. The first-order valence-corrected chi connectivity index (χ1v) is 6.52. The van der Waals surface area contributed by atoms with Gasteiger partial charge in [-0.25, -0.2) is 4.39 Å². The van der Waals surface area contributed by atoms with Crippen LogP contribution in [0.1, 0.15) is 28.3 Å². The van der Waals surface area contributed by atoms with E-state index in [4.69, 9.17) is 0 Å². The molecule has 0 saturated heterocycles. The van der Waals surface area contributed by atoms with Gasteiger partial charge < -0.3 is 0 Å². The van der Waals surface area contributed by atoms with Crippen molar-refractivity contribution in [2.24, 2.45) is 0 Å². The smallest absolute Gasteiger partial charge is 0.211 e. The van der Waals surface area contributed by atoms with E-state index in [1.807, 2.05) is 0 Å². The number of nitrogens with zero attached hydrogens (tertiary/aromatic N) is 1. The molecule has 108 valence electrons. The van der Waals surface area contributed by atoms with Gasteiger partial charge in [0.2, 0.25) is 6.54 Å². The maximum Gasteiger partial charge on any atom is 0.211 e. The minimum absolute atomic E-state index is 0.0244. The minimum atomic E-state index is -0.562. The van der Waals surface area contributed by atoms with E-state index in [0.717, 1.165) is 0 Å². The number of nitro groups is 1. The second-order valence-electron chi connectivity index (χ2n) is 4.76. The van der Waals surface area contributed by atoms with Crippen molar-refractivity contribution in [1.29, 1.82) is 0 Å². The van der Waals surface area contributed by atoms with E-state index in [-0.39, 0.29) is 18.7 Å². The van der Waals surface area contributed by atoms with Crippen LogP contribution in [0.5, 0.6) is 0 Å². The Hall–Kier alpha value is -2.56. The Bertz CT molecular complexity index is 626. The number of halogens is 1. The third kappa shape index (κ3) is 4.21. The number of carbonyl (C=O) groups excluding carboxylic acids is 1. The summed E-state index contributed by atoms with van der Waals surface area (Å²) in [5.74, 6) is -1.13. The van der Waals surface area contributed by atoms with Gasteiger partial charge in [0.1, 0.15) is 5.82 Å². The molecule has 0 bridgehead atoms. The van der Waals surface area contributed by atoms with Crippen LogP contribution in [-0.4, -0.2) is 17.3 Å². The van der Waals surface area contributed by atoms with Crippen LogP contribution in [0, 0.1) is 15.9 Å². The summed E-state index contributed by atoms with van der Waals surface area (Å²) in [5.41, 5.74) is 1.12. The molecule has 21 heavy (non-hydrogen) atoms. The van der Waals surface area contributed by atoms with Gasteiger partial charge >= 0.3 is 0 Å². The fraction of sp³-hybridized carbons (Fsp3) is 0.188. The van der Waals surface area contributed by atoms with E-state index in [1.54, 1.807) is 30.3 Å². The summed E-state index contributed by atoms with van der Waals surface area (Å²) in [5, 5.41) is 10.8. The summed E-state index contributed by atoms with van der Waals surface area (Å²) >= 11 is 0. The van der Waals surface area contributed by atoms with Crippen LogP contribution in [0.2, 0.25) is 0 Å². The van der Waals surface area contributed by atoms with Crippen LogP contribution in [0.4, 0.5) is 4.39 Å². The molecule has 0 saturated carbocycles. The van der Waals surface area contributed by atoms with Crippen molar-refractivity contribution < 1.29 is 14.1 Å². The van der Waals surface area contributed by atoms with E-state index in [1.165, 1.54) is 24.3 Å².